The molecule has 2 aromatic heterocycles. The van der Waals surface area contributed by atoms with Crippen molar-refractivity contribution in [1.82, 2.24) is 25.3 Å². The smallest absolute Gasteiger partial charge is 0.104 e. The fourth-order valence-corrected chi connectivity index (χ4v) is 1.85. The molecule has 1 N–H and O–H groups in total. The zero-order valence-corrected chi connectivity index (χ0v) is 10.4. The average molecular weight is 231 g/mol. The van der Waals surface area contributed by atoms with E-state index >= 15 is 0 Å². The number of aryl methyl sites for hydroxylation is 2. The quantitative estimate of drug-likeness (QED) is 0.859. The molecule has 0 aliphatic heterocycles. The van der Waals surface area contributed by atoms with Crippen molar-refractivity contribution in [1.29, 1.82) is 0 Å². The van der Waals surface area contributed by atoms with Crippen LogP contribution in [0.5, 0.6) is 0 Å². The molecule has 0 radical (unpaired) electrons. The monoisotopic (exact) mass is 231 g/mol. The molecule has 0 fully saturated rings. The van der Waals surface area contributed by atoms with Crippen LogP contribution >= 0.6 is 0 Å². The summed E-state index contributed by atoms with van der Waals surface area (Å²) in [6.45, 7) is 5.03. The van der Waals surface area contributed by atoms with Gasteiger partial charge in [-0.15, -0.1) is 5.10 Å². The molecule has 5 heteroatoms. The topological polar surface area (TPSA) is 55.6 Å². The molecule has 2 rings (SSSR count). The van der Waals surface area contributed by atoms with Crippen molar-refractivity contribution in [2.45, 2.75) is 19.9 Å². The highest BCUT2D eigenvalue weighted by Gasteiger charge is 2.18. The Hall–Kier alpha value is -1.75. The molecule has 0 aromatic carbocycles. The first kappa shape index (κ1) is 11.7. The second-order valence-corrected chi connectivity index (χ2v) is 4.04. The number of hydrogen-bond acceptors (Lipinski definition) is 4. The summed E-state index contributed by atoms with van der Waals surface area (Å²) < 4.78 is 1.71. The van der Waals surface area contributed by atoms with Crippen LogP contribution in [0.4, 0.5) is 0 Å². The zero-order valence-electron chi connectivity index (χ0n) is 10.4. The molecule has 0 aliphatic rings. The summed E-state index contributed by atoms with van der Waals surface area (Å²) in [7, 11) is 1.87. The van der Waals surface area contributed by atoms with Crippen molar-refractivity contribution in [3.8, 4) is 0 Å². The summed E-state index contributed by atoms with van der Waals surface area (Å²) in [6, 6.07) is 2.07. The van der Waals surface area contributed by atoms with Crippen LogP contribution in [0.25, 0.3) is 0 Å². The Morgan fingerprint density at radius 2 is 2.29 bits per heavy atom. The van der Waals surface area contributed by atoms with Gasteiger partial charge >= 0.3 is 0 Å². The van der Waals surface area contributed by atoms with Gasteiger partial charge in [-0.25, -0.2) is 0 Å². The molecule has 2 heterocycles. The van der Waals surface area contributed by atoms with Gasteiger partial charge in [0.25, 0.3) is 0 Å². The maximum atomic E-state index is 4.19. The fourth-order valence-electron chi connectivity index (χ4n) is 1.85. The second-order valence-electron chi connectivity index (χ2n) is 4.04. The molecule has 0 bridgehead atoms. The lowest BCUT2D eigenvalue weighted by atomic mass is 10.0. The Morgan fingerprint density at radius 1 is 1.47 bits per heavy atom. The maximum Gasteiger partial charge on any atom is 0.104 e. The normalized spacial score (nSPS) is 12.6. The van der Waals surface area contributed by atoms with Crippen LogP contribution in [0.3, 0.4) is 0 Å². The first-order valence-electron chi connectivity index (χ1n) is 5.72. The van der Waals surface area contributed by atoms with Crippen molar-refractivity contribution in [3.63, 3.8) is 0 Å². The summed E-state index contributed by atoms with van der Waals surface area (Å²) in [5, 5.41) is 11.6. The van der Waals surface area contributed by atoms with E-state index in [-0.39, 0.29) is 6.04 Å². The molecular weight excluding hydrogens is 214 g/mol. The Morgan fingerprint density at radius 3 is 2.88 bits per heavy atom. The van der Waals surface area contributed by atoms with E-state index in [0.717, 1.165) is 17.8 Å². The van der Waals surface area contributed by atoms with Gasteiger partial charge in [-0.2, -0.15) is 0 Å². The minimum atomic E-state index is 0.0578. The minimum absolute atomic E-state index is 0.0578. The molecule has 1 unspecified atom stereocenters. The summed E-state index contributed by atoms with van der Waals surface area (Å²) in [5.41, 5.74) is 3.27. The number of rotatable bonds is 4. The van der Waals surface area contributed by atoms with Gasteiger partial charge in [0.1, 0.15) is 5.69 Å². The number of aromatic nitrogens is 4. The van der Waals surface area contributed by atoms with E-state index in [0.29, 0.717) is 0 Å². The van der Waals surface area contributed by atoms with Gasteiger partial charge in [-0.3, -0.25) is 9.67 Å². The number of hydrogen-bond donors (Lipinski definition) is 1. The van der Waals surface area contributed by atoms with Crippen LogP contribution in [0, 0.1) is 6.92 Å². The number of pyridine rings is 1. The molecular formula is C12H17N5. The molecule has 0 saturated heterocycles. The van der Waals surface area contributed by atoms with Gasteiger partial charge in [0.05, 0.1) is 12.2 Å². The van der Waals surface area contributed by atoms with Crippen molar-refractivity contribution < 1.29 is 0 Å². The van der Waals surface area contributed by atoms with E-state index in [1.165, 1.54) is 5.56 Å². The van der Waals surface area contributed by atoms with Crippen LogP contribution in [0.2, 0.25) is 0 Å². The molecule has 90 valence electrons. The van der Waals surface area contributed by atoms with E-state index in [4.69, 9.17) is 0 Å². The first-order chi connectivity index (χ1) is 8.22. The third kappa shape index (κ3) is 2.50. The molecule has 0 spiro atoms. The fraction of sp³-hybridized carbons (Fsp3) is 0.417. The molecule has 17 heavy (non-hydrogen) atoms. The van der Waals surface area contributed by atoms with E-state index in [1.54, 1.807) is 10.9 Å². The molecule has 0 amide bonds. The lowest BCUT2D eigenvalue weighted by molar-refractivity contribution is 0.608. The van der Waals surface area contributed by atoms with Crippen LogP contribution in [0.15, 0.2) is 24.7 Å². The SMILES string of the molecule is CCNC(c1cn(C)nn1)c1cnccc1C. The second kappa shape index (κ2) is 5.05. The van der Waals surface area contributed by atoms with Crippen molar-refractivity contribution in [2.24, 2.45) is 7.05 Å². The van der Waals surface area contributed by atoms with E-state index in [1.807, 2.05) is 25.5 Å². The molecule has 0 saturated carbocycles. The molecule has 1 atom stereocenters. The average Bonchev–Trinajstić information content (AvgIpc) is 2.74. The van der Waals surface area contributed by atoms with Gasteiger partial charge in [0, 0.05) is 19.4 Å². The maximum absolute atomic E-state index is 4.19. The summed E-state index contributed by atoms with van der Waals surface area (Å²) >= 11 is 0. The number of nitrogens with one attached hydrogen (secondary N) is 1. The third-order valence-electron chi connectivity index (χ3n) is 2.71. The molecule has 5 nitrogen and oxygen atoms in total. The van der Waals surface area contributed by atoms with Gasteiger partial charge in [0.15, 0.2) is 0 Å². The minimum Gasteiger partial charge on any atom is -0.305 e. The van der Waals surface area contributed by atoms with Gasteiger partial charge in [-0.1, -0.05) is 12.1 Å². The summed E-state index contributed by atoms with van der Waals surface area (Å²) in [5.74, 6) is 0. The summed E-state index contributed by atoms with van der Waals surface area (Å²) in [6.07, 6.45) is 5.62. The largest absolute Gasteiger partial charge is 0.305 e. The Kier molecular flexibility index (Phi) is 3.49. The van der Waals surface area contributed by atoms with Crippen LogP contribution < -0.4 is 5.32 Å². The van der Waals surface area contributed by atoms with Crippen LogP contribution in [-0.2, 0) is 7.05 Å². The highest BCUT2D eigenvalue weighted by atomic mass is 15.4. The van der Waals surface area contributed by atoms with E-state index in [9.17, 15) is 0 Å². The predicted octanol–water partition coefficient (Wildman–Crippen LogP) is 1.22. The standard InChI is InChI=1S/C12H17N5/c1-4-14-12(11-8-17(3)16-15-11)10-7-13-6-5-9(10)2/h5-8,12,14H,4H2,1-3H3. The first-order valence-corrected chi connectivity index (χ1v) is 5.72. The van der Waals surface area contributed by atoms with Gasteiger partial charge in [0.2, 0.25) is 0 Å². The van der Waals surface area contributed by atoms with E-state index in [2.05, 4.69) is 34.5 Å². The lowest BCUT2D eigenvalue weighted by Gasteiger charge is -2.17. The van der Waals surface area contributed by atoms with Crippen molar-refractivity contribution >= 4 is 0 Å². The Bertz CT molecular complexity index is 491. The van der Waals surface area contributed by atoms with E-state index < -0.39 is 0 Å². The number of nitrogens with zero attached hydrogens (tertiary/aromatic N) is 4. The summed E-state index contributed by atoms with van der Waals surface area (Å²) in [4.78, 5) is 4.19. The Balaban J connectivity index is 2.39. The van der Waals surface area contributed by atoms with Crippen LogP contribution in [-0.4, -0.2) is 26.5 Å². The highest BCUT2D eigenvalue weighted by Crippen LogP contribution is 2.21. The lowest BCUT2D eigenvalue weighted by Crippen LogP contribution is -2.23. The van der Waals surface area contributed by atoms with Crippen molar-refractivity contribution in [3.05, 3.63) is 41.5 Å². The molecule has 0 aliphatic carbocycles. The zero-order chi connectivity index (χ0) is 12.3. The van der Waals surface area contributed by atoms with Gasteiger partial charge in [-0.05, 0) is 30.7 Å². The van der Waals surface area contributed by atoms with Crippen LogP contribution in [0.1, 0.15) is 29.8 Å². The molecule has 2 aromatic rings. The predicted molar refractivity (Wildman–Crippen MR) is 65.5 cm³/mol. The highest BCUT2D eigenvalue weighted by molar-refractivity contribution is 5.30. The van der Waals surface area contributed by atoms with Gasteiger partial charge < -0.3 is 5.32 Å². The van der Waals surface area contributed by atoms with Crippen molar-refractivity contribution in [2.75, 3.05) is 6.54 Å². The Labute approximate surface area is 101 Å². The third-order valence-corrected chi connectivity index (χ3v) is 2.71.